The van der Waals surface area contributed by atoms with Crippen molar-refractivity contribution in [3.63, 3.8) is 0 Å². The van der Waals surface area contributed by atoms with E-state index in [2.05, 4.69) is 49.4 Å². The SMILES string of the molecule is CCNC1CCCc2c(OCCCN(C)C)cccc21. The second kappa shape index (κ2) is 7.65. The molecule has 3 nitrogen and oxygen atoms in total. The van der Waals surface area contributed by atoms with Gasteiger partial charge in [-0.2, -0.15) is 0 Å². The molecule has 1 N–H and O–H groups in total. The molecule has 1 aromatic carbocycles. The highest BCUT2D eigenvalue weighted by atomic mass is 16.5. The highest BCUT2D eigenvalue weighted by molar-refractivity contribution is 5.43. The Morgan fingerprint density at radius 1 is 1.35 bits per heavy atom. The van der Waals surface area contributed by atoms with E-state index in [1.807, 2.05) is 0 Å². The van der Waals surface area contributed by atoms with Crippen molar-refractivity contribution in [1.29, 1.82) is 0 Å². The molecule has 1 unspecified atom stereocenters. The number of fused-ring (bicyclic) bond motifs is 1. The molecule has 0 saturated heterocycles. The molecule has 112 valence electrons. The van der Waals surface area contributed by atoms with E-state index in [0.29, 0.717) is 6.04 Å². The molecule has 0 radical (unpaired) electrons. The minimum atomic E-state index is 0.508. The van der Waals surface area contributed by atoms with Crippen LogP contribution in [0, 0.1) is 0 Å². The third-order valence-corrected chi connectivity index (χ3v) is 3.92. The van der Waals surface area contributed by atoms with Crippen molar-refractivity contribution in [2.24, 2.45) is 0 Å². The van der Waals surface area contributed by atoms with E-state index in [9.17, 15) is 0 Å². The minimum Gasteiger partial charge on any atom is -0.493 e. The number of nitrogens with zero attached hydrogens (tertiary/aromatic N) is 1. The van der Waals surface area contributed by atoms with Crippen LogP contribution in [0.2, 0.25) is 0 Å². The van der Waals surface area contributed by atoms with Crippen molar-refractivity contribution in [2.45, 2.75) is 38.6 Å². The molecule has 1 aliphatic carbocycles. The van der Waals surface area contributed by atoms with Crippen LogP contribution < -0.4 is 10.1 Å². The van der Waals surface area contributed by atoms with Crippen molar-refractivity contribution in [3.8, 4) is 5.75 Å². The van der Waals surface area contributed by atoms with E-state index in [0.717, 1.165) is 38.3 Å². The fourth-order valence-electron chi connectivity index (χ4n) is 2.97. The summed E-state index contributed by atoms with van der Waals surface area (Å²) in [7, 11) is 4.21. The van der Waals surface area contributed by atoms with E-state index in [1.54, 1.807) is 0 Å². The lowest BCUT2D eigenvalue weighted by molar-refractivity contribution is 0.277. The quantitative estimate of drug-likeness (QED) is 0.775. The van der Waals surface area contributed by atoms with Gasteiger partial charge in [-0.25, -0.2) is 0 Å². The molecule has 3 heteroatoms. The zero-order valence-electron chi connectivity index (χ0n) is 13.1. The fourth-order valence-corrected chi connectivity index (χ4v) is 2.97. The van der Waals surface area contributed by atoms with Gasteiger partial charge >= 0.3 is 0 Å². The lowest BCUT2D eigenvalue weighted by Gasteiger charge is -2.27. The molecule has 2 rings (SSSR count). The number of nitrogens with one attached hydrogen (secondary N) is 1. The molecule has 0 heterocycles. The summed E-state index contributed by atoms with van der Waals surface area (Å²) in [5, 5.41) is 3.59. The van der Waals surface area contributed by atoms with Gasteiger partial charge in [-0.1, -0.05) is 19.1 Å². The van der Waals surface area contributed by atoms with Crippen molar-refractivity contribution >= 4 is 0 Å². The molecular weight excluding hydrogens is 248 g/mol. The first-order valence-corrected chi connectivity index (χ1v) is 7.85. The first kappa shape index (κ1) is 15.3. The van der Waals surface area contributed by atoms with Gasteiger partial charge in [0.15, 0.2) is 0 Å². The summed E-state index contributed by atoms with van der Waals surface area (Å²) in [5.74, 6) is 1.10. The van der Waals surface area contributed by atoms with Crippen molar-refractivity contribution in [1.82, 2.24) is 10.2 Å². The molecule has 0 aliphatic heterocycles. The van der Waals surface area contributed by atoms with Crippen molar-refractivity contribution in [2.75, 3.05) is 33.8 Å². The highest BCUT2D eigenvalue weighted by Crippen LogP contribution is 2.35. The molecule has 0 saturated carbocycles. The molecule has 0 aromatic heterocycles. The predicted octanol–water partition coefficient (Wildman–Crippen LogP) is 3.00. The lowest BCUT2D eigenvalue weighted by atomic mass is 9.87. The third-order valence-electron chi connectivity index (χ3n) is 3.92. The second-order valence-electron chi connectivity index (χ2n) is 5.83. The monoisotopic (exact) mass is 276 g/mol. The fraction of sp³-hybridized carbons (Fsp3) is 0.647. The van der Waals surface area contributed by atoms with Crippen LogP contribution in [-0.2, 0) is 6.42 Å². The van der Waals surface area contributed by atoms with Gasteiger partial charge in [0.2, 0.25) is 0 Å². The van der Waals surface area contributed by atoms with Gasteiger partial charge in [-0.15, -0.1) is 0 Å². The molecule has 0 fully saturated rings. The summed E-state index contributed by atoms with van der Waals surface area (Å²) < 4.78 is 6.03. The van der Waals surface area contributed by atoms with Gasteiger partial charge in [0.25, 0.3) is 0 Å². The summed E-state index contributed by atoms with van der Waals surface area (Å²) in [6.07, 6.45) is 4.72. The molecule has 0 amide bonds. The molecule has 0 spiro atoms. The Balaban J connectivity index is 2.01. The van der Waals surface area contributed by atoms with Crippen LogP contribution in [0.1, 0.15) is 43.4 Å². The maximum atomic E-state index is 6.03. The molecular formula is C17H28N2O. The van der Waals surface area contributed by atoms with E-state index < -0.39 is 0 Å². The minimum absolute atomic E-state index is 0.508. The molecule has 1 aromatic rings. The van der Waals surface area contributed by atoms with Gasteiger partial charge in [0.05, 0.1) is 6.61 Å². The Morgan fingerprint density at radius 2 is 2.20 bits per heavy atom. The Hall–Kier alpha value is -1.06. The zero-order valence-corrected chi connectivity index (χ0v) is 13.1. The summed E-state index contributed by atoms with van der Waals surface area (Å²) >= 11 is 0. The van der Waals surface area contributed by atoms with Gasteiger partial charge in [-0.05, 0) is 63.5 Å². The Kier molecular flexibility index (Phi) is 5.86. The summed E-state index contributed by atoms with van der Waals surface area (Å²) in [4.78, 5) is 2.20. The van der Waals surface area contributed by atoms with E-state index in [4.69, 9.17) is 4.74 Å². The Bertz CT molecular complexity index is 417. The van der Waals surface area contributed by atoms with Crippen LogP contribution in [0.25, 0.3) is 0 Å². The molecule has 20 heavy (non-hydrogen) atoms. The number of hydrogen-bond acceptors (Lipinski definition) is 3. The Morgan fingerprint density at radius 3 is 2.95 bits per heavy atom. The van der Waals surface area contributed by atoms with Crippen molar-refractivity contribution < 1.29 is 4.74 Å². The van der Waals surface area contributed by atoms with Crippen LogP contribution >= 0.6 is 0 Å². The van der Waals surface area contributed by atoms with E-state index >= 15 is 0 Å². The van der Waals surface area contributed by atoms with Gasteiger partial charge < -0.3 is 15.0 Å². The third kappa shape index (κ3) is 3.97. The molecule has 1 aliphatic rings. The van der Waals surface area contributed by atoms with Crippen LogP contribution in [0.5, 0.6) is 5.75 Å². The maximum absolute atomic E-state index is 6.03. The van der Waals surface area contributed by atoms with Crippen LogP contribution in [-0.4, -0.2) is 38.7 Å². The van der Waals surface area contributed by atoms with Crippen LogP contribution in [0.15, 0.2) is 18.2 Å². The normalized spacial score (nSPS) is 18.1. The van der Waals surface area contributed by atoms with Gasteiger partial charge in [-0.3, -0.25) is 0 Å². The highest BCUT2D eigenvalue weighted by Gasteiger charge is 2.21. The maximum Gasteiger partial charge on any atom is 0.122 e. The lowest BCUT2D eigenvalue weighted by Crippen LogP contribution is -2.25. The predicted molar refractivity (Wildman–Crippen MR) is 84.5 cm³/mol. The first-order valence-electron chi connectivity index (χ1n) is 7.85. The first-order chi connectivity index (χ1) is 9.72. The van der Waals surface area contributed by atoms with Crippen molar-refractivity contribution in [3.05, 3.63) is 29.3 Å². The zero-order chi connectivity index (χ0) is 14.4. The van der Waals surface area contributed by atoms with Crippen LogP contribution in [0.3, 0.4) is 0 Å². The number of ether oxygens (including phenoxy) is 1. The second-order valence-corrected chi connectivity index (χ2v) is 5.83. The largest absolute Gasteiger partial charge is 0.493 e. The summed E-state index contributed by atoms with van der Waals surface area (Å²) in [5.41, 5.74) is 2.87. The van der Waals surface area contributed by atoms with Gasteiger partial charge in [0.1, 0.15) is 5.75 Å². The number of hydrogen-bond donors (Lipinski definition) is 1. The van der Waals surface area contributed by atoms with Gasteiger partial charge in [0, 0.05) is 12.6 Å². The Labute approximate surface area is 123 Å². The smallest absolute Gasteiger partial charge is 0.122 e. The van der Waals surface area contributed by atoms with E-state index in [1.165, 1.54) is 24.0 Å². The number of rotatable bonds is 7. The molecule has 1 atom stereocenters. The van der Waals surface area contributed by atoms with E-state index in [-0.39, 0.29) is 0 Å². The average Bonchev–Trinajstić information content (AvgIpc) is 2.44. The average molecular weight is 276 g/mol. The number of benzene rings is 1. The van der Waals surface area contributed by atoms with Crippen LogP contribution in [0.4, 0.5) is 0 Å². The summed E-state index contributed by atoms with van der Waals surface area (Å²) in [6, 6.07) is 7.03. The summed E-state index contributed by atoms with van der Waals surface area (Å²) in [6.45, 7) is 5.09. The molecule has 0 bridgehead atoms. The standard InChI is InChI=1S/C17H28N2O/c1-4-18-16-10-5-9-15-14(16)8-6-11-17(15)20-13-7-12-19(2)3/h6,8,11,16,18H,4-5,7,9-10,12-13H2,1-3H3. The topological polar surface area (TPSA) is 24.5 Å².